The summed E-state index contributed by atoms with van der Waals surface area (Å²) in [6, 6.07) is 3.47. The van der Waals surface area contributed by atoms with Crippen molar-refractivity contribution < 1.29 is 9.32 Å². The van der Waals surface area contributed by atoms with Crippen LogP contribution in [0.1, 0.15) is 19.2 Å². The first-order chi connectivity index (χ1) is 9.56. The van der Waals surface area contributed by atoms with E-state index in [0.29, 0.717) is 18.1 Å². The molecule has 2 N–H and O–H groups in total. The van der Waals surface area contributed by atoms with Crippen LogP contribution >= 0.6 is 0 Å². The fourth-order valence-corrected chi connectivity index (χ4v) is 1.65. The molecule has 0 radical (unpaired) electrons. The van der Waals surface area contributed by atoms with Crippen LogP contribution in [0.3, 0.4) is 0 Å². The molecule has 2 heterocycles. The van der Waals surface area contributed by atoms with E-state index < -0.39 is 0 Å². The van der Waals surface area contributed by atoms with Crippen molar-refractivity contribution in [3.63, 3.8) is 0 Å². The van der Waals surface area contributed by atoms with Crippen molar-refractivity contribution in [1.29, 1.82) is 0 Å². The number of hydrogen-bond donors (Lipinski definition) is 1. The third-order valence-electron chi connectivity index (χ3n) is 2.68. The second-order valence-corrected chi connectivity index (χ2v) is 4.68. The Hall–Kier alpha value is -2.28. The highest BCUT2D eigenvalue weighted by atomic mass is 16.5. The predicted molar refractivity (Wildman–Crippen MR) is 72.3 cm³/mol. The average molecular weight is 275 g/mol. The van der Waals surface area contributed by atoms with E-state index in [1.165, 1.54) is 4.90 Å². The van der Waals surface area contributed by atoms with Crippen molar-refractivity contribution in [2.75, 3.05) is 7.05 Å². The molecular formula is C13H17N5O2. The van der Waals surface area contributed by atoms with E-state index in [1.807, 2.05) is 6.07 Å². The van der Waals surface area contributed by atoms with Crippen LogP contribution in [-0.4, -0.2) is 39.0 Å². The van der Waals surface area contributed by atoms with Gasteiger partial charge in [-0.3, -0.25) is 9.78 Å². The van der Waals surface area contributed by atoms with Crippen LogP contribution in [-0.2, 0) is 11.3 Å². The summed E-state index contributed by atoms with van der Waals surface area (Å²) < 4.78 is 5.13. The Morgan fingerprint density at radius 1 is 1.55 bits per heavy atom. The maximum atomic E-state index is 11.8. The van der Waals surface area contributed by atoms with Crippen molar-refractivity contribution in [2.24, 2.45) is 5.73 Å². The Balaban J connectivity index is 2.01. The van der Waals surface area contributed by atoms with Crippen molar-refractivity contribution >= 4 is 5.91 Å². The van der Waals surface area contributed by atoms with E-state index in [4.69, 9.17) is 10.3 Å². The van der Waals surface area contributed by atoms with Crippen LogP contribution in [0.15, 0.2) is 29.0 Å². The summed E-state index contributed by atoms with van der Waals surface area (Å²) in [5, 5.41) is 3.87. The highest BCUT2D eigenvalue weighted by molar-refractivity contribution is 5.76. The average Bonchev–Trinajstić information content (AvgIpc) is 2.87. The highest BCUT2D eigenvalue weighted by Crippen LogP contribution is 2.14. The molecule has 1 unspecified atom stereocenters. The molecule has 0 aliphatic rings. The largest absolute Gasteiger partial charge is 0.337 e. The molecule has 0 saturated heterocycles. The van der Waals surface area contributed by atoms with E-state index in [9.17, 15) is 4.79 Å². The molecular weight excluding hydrogens is 258 g/mol. The van der Waals surface area contributed by atoms with Gasteiger partial charge in [0.15, 0.2) is 0 Å². The van der Waals surface area contributed by atoms with E-state index >= 15 is 0 Å². The molecule has 1 amide bonds. The van der Waals surface area contributed by atoms with Crippen molar-refractivity contribution in [1.82, 2.24) is 20.0 Å². The fraction of sp³-hybridized carbons (Fsp3) is 0.385. The molecule has 0 bridgehead atoms. The second kappa shape index (κ2) is 6.25. The number of carbonyl (C=O) groups excluding carboxylic acids is 1. The molecule has 0 saturated carbocycles. The van der Waals surface area contributed by atoms with Crippen LogP contribution < -0.4 is 5.73 Å². The number of nitrogens with two attached hydrogens (primary N) is 1. The lowest BCUT2D eigenvalue weighted by Gasteiger charge is -2.15. The summed E-state index contributed by atoms with van der Waals surface area (Å²) in [5.41, 5.74) is 6.37. The standard InChI is InChI=1S/C13H17N5O2/c1-9(14)6-12(19)18(2)8-11-16-13(17-20-11)10-4-3-5-15-7-10/h3-5,7,9H,6,8,14H2,1-2H3. The zero-order valence-corrected chi connectivity index (χ0v) is 11.5. The molecule has 2 rings (SSSR count). The number of aromatic nitrogens is 3. The molecule has 0 fully saturated rings. The van der Waals surface area contributed by atoms with Crippen LogP contribution in [0.5, 0.6) is 0 Å². The lowest BCUT2D eigenvalue weighted by Crippen LogP contribution is -2.31. The first-order valence-corrected chi connectivity index (χ1v) is 6.29. The zero-order valence-electron chi connectivity index (χ0n) is 11.5. The minimum atomic E-state index is -0.168. The van der Waals surface area contributed by atoms with Gasteiger partial charge >= 0.3 is 0 Å². The minimum absolute atomic E-state index is 0.0545. The molecule has 2 aromatic heterocycles. The smallest absolute Gasteiger partial charge is 0.246 e. The fourth-order valence-electron chi connectivity index (χ4n) is 1.65. The molecule has 0 spiro atoms. The minimum Gasteiger partial charge on any atom is -0.337 e. The van der Waals surface area contributed by atoms with E-state index in [0.717, 1.165) is 5.56 Å². The maximum Gasteiger partial charge on any atom is 0.246 e. The van der Waals surface area contributed by atoms with Crippen molar-refractivity contribution in [3.8, 4) is 11.4 Å². The number of amides is 1. The molecule has 1 atom stereocenters. The number of carbonyl (C=O) groups is 1. The normalized spacial score (nSPS) is 12.2. The maximum absolute atomic E-state index is 11.8. The van der Waals surface area contributed by atoms with Gasteiger partial charge < -0.3 is 15.2 Å². The SMILES string of the molecule is CC(N)CC(=O)N(C)Cc1nc(-c2cccnc2)no1. The quantitative estimate of drug-likeness (QED) is 0.867. The van der Waals surface area contributed by atoms with E-state index in [2.05, 4.69) is 15.1 Å². The van der Waals surface area contributed by atoms with Crippen molar-refractivity contribution in [3.05, 3.63) is 30.4 Å². The Morgan fingerprint density at radius 2 is 2.35 bits per heavy atom. The molecule has 0 aliphatic carbocycles. The topological polar surface area (TPSA) is 98.1 Å². The molecule has 7 heteroatoms. The zero-order chi connectivity index (χ0) is 14.5. The van der Waals surface area contributed by atoms with Crippen LogP contribution in [0.2, 0.25) is 0 Å². The summed E-state index contributed by atoms with van der Waals surface area (Å²) in [7, 11) is 1.68. The summed E-state index contributed by atoms with van der Waals surface area (Å²) in [6.07, 6.45) is 3.62. The van der Waals surface area contributed by atoms with Gasteiger partial charge in [0.05, 0.1) is 6.54 Å². The van der Waals surface area contributed by atoms with Crippen LogP contribution in [0.4, 0.5) is 0 Å². The Labute approximate surface area is 116 Å². The number of hydrogen-bond acceptors (Lipinski definition) is 6. The van der Waals surface area contributed by atoms with Gasteiger partial charge in [-0.25, -0.2) is 0 Å². The molecule has 2 aromatic rings. The first-order valence-electron chi connectivity index (χ1n) is 6.29. The van der Waals surface area contributed by atoms with Gasteiger partial charge in [-0.1, -0.05) is 5.16 Å². The summed E-state index contributed by atoms with van der Waals surface area (Å²) in [4.78, 5) is 21.5. The van der Waals surface area contributed by atoms with Crippen LogP contribution in [0, 0.1) is 0 Å². The molecule has 7 nitrogen and oxygen atoms in total. The monoisotopic (exact) mass is 275 g/mol. The number of nitrogens with zero attached hydrogens (tertiary/aromatic N) is 4. The number of pyridine rings is 1. The highest BCUT2D eigenvalue weighted by Gasteiger charge is 2.15. The molecule has 106 valence electrons. The third-order valence-corrected chi connectivity index (χ3v) is 2.68. The van der Waals surface area contributed by atoms with Gasteiger partial charge in [0.1, 0.15) is 0 Å². The van der Waals surface area contributed by atoms with Gasteiger partial charge in [0.25, 0.3) is 0 Å². The van der Waals surface area contributed by atoms with E-state index in [-0.39, 0.29) is 18.5 Å². The summed E-state index contributed by atoms with van der Waals surface area (Å²) in [6.45, 7) is 2.05. The molecule has 20 heavy (non-hydrogen) atoms. The van der Waals surface area contributed by atoms with Crippen molar-refractivity contribution in [2.45, 2.75) is 25.9 Å². The van der Waals surface area contributed by atoms with Crippen LogP contribution in [0.25, 0.3) is 11.4 Å². The first kappa shape index (κ1) is 14.1. The van der Waals surface area contributed by atoms with E-state index in [1.54, 1.807) is 32.4 Å². The Bertz CT molecular complexity index is 567. The molecule has 0 aromatic carbocycles. The third kappa shape index (κ3) is 3.61. The second-order valence-electron chi connectivity index (χ2n) is 4.68. The lowest BCUT2D eigenvalue weighted by molar-refractivity contribution is -0.131. The Morgan fingerprint density at radius 3 is 3.00 bits per heavy atom. The van der Waals surface area contributed by atoms with Gasteiger partial charge in [0, 0.05) is 37.5 Å². The number of rotatable bonds is 5. The Kier molecular flexibility index (Phi) is 4.41. The van der Waals surface area contributed by atoms with Gasteiger partial charge in [0.2, 0.25) is 17.6 Å². The van der Waals surface area contributed by atoms with Gasteiger partial charge in [-0.15, -0.1) is 0 Å². The molecule has 0 aliphatic heterocycles. The lowest BCUT2D eigenvalue weighted by atomic mass is 10.2. The summed E-state index contributed by atoms with van der Waals surface area (Å²) in [5.74, 6) is 0.784. The van der Waals surface area contributed by atoms with Gasteiger partial charge in [-0.05, 0) is 19.1 Å². The predicted octanol–water partition coefficient (Wildman–Crippen LogP) is 0.827. The van der Waals surface area contributed by atoms with Gasteiger partial charge in [-0.2, -0.15) is 4.98 Å². The summed E-state index contributed by atoms with van der Waals surface area (Å²) >= 11 is 0.